The Kier molecular flexibility index (Phi) is 3.89. The van der Waals surface area contributed by atoms with E-state index < -0.39 is 0 Å². The van der Waals surface area contributed by atoms with Crippen LogP contribution in [0.3, 0.4) is 0 Å². The fraction of sp³-hybridized carbons (Fsp3) is 0.533. The minimum Gasteiger partial charge on any atom is -0.445 e. The quantitative estimate of drug-likeness (QED) is 0.817. The van der Waals surface area contributed by atoms with Crippen molar-refractivity contribution in [2.24, 2.45) is 0 Å². The lowest BCUT2D eigenvalue weighted by Gasteiger charge is -2.33. The second-order valence-corrected chi connectivity index (χ2v) is 5.40. The van der Waals surface area contributed by atoms with Gasteiger partial charge in [0.05, 0.1) is 25.3 Å². The number of likely N-dealkylation sites (N-methyl/N-ethyl adjacent to an activating group) is 1. The predicted octanol–water partition coefficient (Wildman–Crippen LogP) is 1.34. The molecule has 2 aliphatic rings. The number of nitrogens with zero attached hydrogens (tertiary/aromatic N) is 2. The molecule has 0 aromatic heterocycles. The fourth-order valence-electron chi connectivity index (χ4n) is 2.82. The number of rotatable bonds is 2. The summed E-state index contributed by atoms with van der Waals surface area (Å²) in [6.45, 7) is 3.30. The topological polar surface area (TPSA) is 42.0 Å². The van der Waals surface area contributed by atoms with Crippen molar-refractivity contribution in [1.29, 1.82) is 0 Å². The molecule has 20 heavy (non-hydrogen) atoms. The van der Waals surface area contributed by atoms with Crippen molar-refractivity contribution < 1.29 is 14.3 Å². The fourth-order valence-corrected chi connectivity index (χ4v) is 2.82. The lowest BCUT2D eigenvalue weighted by atomic mass is 10.1. The van der Waals surface area contributed by atoms with Gasteiger partial charge >= 0.3 is 6.09 Å². The van der Waals surface area contributed by atoms with E-state index >= 15 is 0 Å². The van der Waals surface area contributed by atoms with Crippen LogP contribution in [0.15, 0.2) is 30.3 Å². The minimum atomic E-state index is -0.250. The minimum absolute atomic E-state index is 0.123. The molecular weight excluding hydrogens is 256 g/mol. The van der Waals surface area contributed by atoms with Gasteiger partial charge < -0.3 is 14.4 Å². The van der Waals surface area contributed by atoms with E-state index in [9.17, 15) is 4.79 Å². The number of carbonyl (C=O) groups excluding carboxylic acids is 1. The summed E-state index contributed by atoms with van der Waals surface area (Å²) in [4.78, 5) is 16.1. The molecule has 0 N–H and O–H groups in total. The van der Waals surface area contributed by atoms with E-state index in [1.165, 1.54) is 0 Å². The van der Waals surface area contributed by atoms with E-state index in [0.717, 1.165) is 18.7 Å². The summed E-state index contributed by atoms with van der Waals surface area (Å²) in [5.41, 5.74) is 1.01. The van der Waals surface area contributed by atoms with Gasteiger partial charge in [-0.25, -0.2) is 4.79 Å². The number of amides is 1. The third-order valence-electron chi connectivity index (χ3n) is 4.04. The number of fused-ring (bicyclic) bond motifs is 1. The lowest BCUT2D eigenvalue weighted by molar-refractivity contribution is -0.0369. The molecule has 1 aromatic carbocycles. The van der Waals surface area contributed by atoms with Crippen molar-refractivity contribution in [1.82, 2.24) is 9.80 Å². The molecule has 0 spiro atoms. The van der Waals surface area contributed by atoms with E-state index in [2.05, 4.69) is 11.9 Å². The molecular formula is C15H20N2O3. The lowest BCUT2D eigenvalue weighted by Crippen LogP contribution is -2.48. The third kappa shape index (κ3) is 2.78. The summed E-state index contributed by atoms with van der Waals surface area (Å²) in [6, 6.07) is 10.0. The van der Waals surface area contributed by atoms with Gasteiger partial charge in [-0.05, 0) is 12.6 Å². The highest BCUT2D eigenvalue weighted by Gasteiger charge is 2.40. The number of ether oxygens (including phenoxy) is 2. The van der Waals surface area contributed by atoms with Crippen molar-refractivity contribution in [3.05, 3.63) is 35.9 Å². The van der Waals surface area contributed by atoms with Crippen LogP contribution >= 0.6 is 0 Å². The first-order valence-electron chi connectivity index (χ1n) is 7.01. The smallest absolute Gasteiger partial charge is 0.410 e. The number of hydrogen-bond acceptors (Lipinski definition) is 4. The highest BCUT2D eigenvalue weighted by molar-refractivity contribution is 5.68. The molecule has 0 radical (unpaired) electrons. The van der Waals surface area contributed by atoms with Gasteiger partial charge in [-0.1, -0.05) is 30.3 Å². The molecule has 0 aliphatic carbocycles. The molecule has 1 amide bonds. The number of carbonyl (C=O) groups is 1. The van der Waals surface area contributed by atoms with Crippen LogP contribution in [0.4, 0.5) is 4.79 Å². The maximum absolute atomic E-state index is 12.1. The summed E-state index contributed by atoms with van der Waals surface area (Å²) in [5.74, 6) is 0. The van der Waals surface area contributed by atoms with Gasteiger partial charge in [-0.3, -0.25) is 4.90 Å². The molecule has 2 saturated heterocycles. The number of hydrogen-bond donors (Lipinski definition) is 0. The Morgan fingerprint density at radius 1 is 1.35 bits per heavy atom. The van der Waals surface area contributed by atoms with Crippen molar-refractivity contribution in [3.8, 4) is 0 Å². The van der Waals surface area contributed by atoms with Crippen LogP contribution in [0.1, 0.15) is 5.56 Å². The van der Waals surface area contributed by atoms with Gasteiger partial charge in [0.25, 0.3) is 0 Å². The van der Waals surface area contributed by atoms with E-state index in [1.54, 1.807) is 4.90 Å². The monoisotopic (exact) mass is 276 g/mol. The first-order chi connectivity index (χ1) is 9.74. The summed E-state index contributed by atoms with van der Waals surface area (Å²) >= 11 is 0. The van der Waals surface area contributed by atoms with Crippen LogP contribution in [0.25, 0.3) is 0 Å². The zero-order chi connectivity index (χ0) is 13.9. The van der Waals surface area contributed by atoms with Crippen LogP contribution in [0.2, 0.25) is 0 Å². The van der Waals surface area contributed by atoms with Crippen LogP contribution < -0.4 is 0 Å². The van der Waals surface area contributed by atoms with Gasteiger partial charge in [-0.15, -0.1) is 0 Å². The molecule has 2 heterocycles. The first-order valence-corrected chi connectivity index (χ1v) is 7.01. The van der Waals surface area contributed by atoms with E-state index in [-0.39, 0.29) is 12.2 Å². The van der Waals surface area contributed by atoms with Crippen molar-refractivity contribution in [3.63, 3.8) is 0 Å². The van der Waals surface area contributed by atoms with Crippen LogP contribution in [-0.4, -0.2) is 61.3 Å². The summed E-state index contributed by atoms with van der Waals surface area (Å²) in [5, 5.41) is 0. The predicted molar refractivity (Wildman–Crippen MR) is 74.4 cm³/mol. The van der Waals surface area contributed by atoms with Gasteiger partial charge in [-0.2, -0.15) is 0 Å². The number of likely N-dealkylation sites (tertiary alicyclic amines) is 1. The summed E-state index contributed by atoms with van der Waals surface area (Å²) in [6.07, 6.45) is -0.127. The molecule has 1 aromatic rings. The molecule has 2 aliphatic heterocycles. The molecule has 0 bridgehead atoms. The second kappa shape index (κ2) is 5.81. The molecule has 5 heteroatoms. The molecule has 0 unspecified atom stereocenters. The van der Waals surface area contributed by atoms with E-state index in [0.29, 0.717) is 25.7 Å². The maximum atomic E-state index is 12.1. The Balaban J connectivity index is 1.53. The van der Waals surface area contributed by atoms with E-state index in [1.807, 2.05) is 30.3 Å². The zero-order valence-electron chi connectivity index (χ0n) is 11.7. The molecule has 3 rings (SSSR count). The van der Waals surface area contributed by atoms with E-state index in [4.69, 9.17) is 9.47 Å². The zero-order valence-corrected chi connectivity index (χ0v) is 11.7. The SMILES string of the molecule is CN1CCO[C@@H]2CN(C(=O)OCc3ccccc3)C[C@H]21. The van der Waals surface area contributed by atoms with Crippen molar-refractivity contribution >= 4 is 6.09 Å². The Morgan fingerprint density at radius 2 is 2.15 bits per heavy atom. The molecule has 0 saturated carbocycles. The second-order valence-electron chi connectivity index (χ2n) is 5.40. The van der Waals surface area contributed by atoms with Crippen LogP contribution in [0, 0.1) is 0 Å². The van der Waals surface area contributed by atoms with Gasteiger partial charge in [0.2, 0.25) is 0 Å². The van der Waals surface area contributed by atoms with Gasteiger partial charge in [0.15, 0.2) is 0 Å². The molecule has 2 atom stereocenters. The molecule has 5 nitrogen and oxygen atoms in total. The Bertz CT molecular complexity index is 465. The Labute approximate surface area is 119 Å². The largest absolute Gasteiger partial charge is 0.445 e. The van der Waals surface area contributed by atoms with Gasteiger partial charge in [0.1, 0.15) is 6.61 Å². The average Bonchev–Trinajstić information content (AvgIpc) is 2.91. The molecule has 108 valence electrons. The van der Waals surface area contributed by atoms with Crippen LogP contribution in [0.5, 0.6) is 0 Å². The average molecular weight is 276 g/mol. The summed E-state index contributed by atoms with van der Waals surface area (Å²) < 4.78 is 11.1. The normalized spacial score (nSPS) is 26.4. The molecule has 2 fully saturated rings. The Morgan fingerprint density at radius 3 is 2.90 bits per heavy atom. The van der Waals surface area contributed by atoms with Crippen molar-refractivity contribution in [2.75, 3.05) is 33.3 Å². The van der Waals surface area contributed by atoms with Crippen molar-refractivity contribution in [2.45, 2.75) is 18.8 Å². The van der Waals surface area contributed by atoms with Gasteiger partial charge in [0, 0.05) is 13.1 Å². The first kappa shape index (κ1) is 13.4. The van der Waals surface area contributed by atoms with Crippen LogP contribution in [-0.2, 0) is 16.1 Å². The Hall–Kier alpha value is -1.59. The number of benzene rings is 1. The third-order valence-corrected chi connectivity index (χ3v) is 4.04. The maximum Gasteiger partial charge on any atom is 0.410 e. The highest BCUT2D eigenvalue weighted by Crippen LogP contribution is 2.22. The highest BCUT2D eigenvalue weighted by atomic mass is 16.6. The standard InChI is InChI=1S/C15H20N2O3/c1-16-7-8-19-14-10-17(9-13(14)16)15(18)20-11-12-5-3-2-4-6-12/h2-6,13-14H,7-11H2,1H3/t13-,14-/m1/s1. The summed E-state index contributed by atoms with van der Waals surface area (Å²) in [7, 11) is 2.08. The number of morpholine rings is 1.